The molecular formula is C16H18FN3O2. The number of nitrogens with one attached hydrogen (secondary N) is 1. The van der Waals surface area contributed by atoms with Crippen LogP contribution in [0.15, 0.2) is 47.4 Å². The first-order valence-electron chi connectivity index (χ1n) is 6.96. The second-order valence-electron chi connectivity index (χ2n) is 5.11. The molecule has 0 spiro atoms. The minimum absolute atomic E-state index is 0.204. The average molecular weight is 303 g/mol. The van der Waals surface area contributed by atoms with Gasteiger partial charge in [0.2, 0.25) is 5.91 Å². The predicted molar refractivity (Wildman–Crippen MR) is 83.1 cm³/mol. The van der Waals surface area contributed by atoms with E-state index < -0.39 is 0 Å². The molecule has 0 aliphatic carbocycles. The van der Waals surface area contributed by atoms with Crippen LogP contribution in [0.5, 0.6) is 0 Å². The molecule has 5 nitrogen and oxygen atoms in total. The summed E-state index contributed by atoms with van der Waals surface area (Å²) in [7, 11) is 0. The summed E-state index contributed by atoms with van der Waals surface area (Å²) in [5.74, 6) is -0.989. The molecule has 1 aromatic heterocycles. The molecule has 0 saturated carbocycles. The Kier molecular flexibility index (Phi) is 5.06. The van der Waals surface area contributed by atoms with E-state index in [0.29, 0.717) is 6.54 Å². The van der Waals surface area contributed by atoms with Crippen molar-refractivity contribution >= 4 is 11.6 Å². The number of carbonyl (C=O) groups excluding carboxylic acids is 1. The van der Waals surface area contributed by atoms with Crippen LogP contribution in [0.2, 0.25) is 0 Å². The van der Waals surface area contributed by atoms with Gasteiger partial charge < -0.3 is 15.6 Å². The van der Waals surface area contributed by atoms with Crippen LogP contribution >= 0.6 is 0 Å². The molecule has 0 aliphatic rings. The van der Waals surface area contributed by atoms with Gasteiger partial charge in [-0.05, 0) is 29.8 Å². The number of hydrogen-bond donors (Lipinski definition) is 2. The van der Waals surface area contributed by atoms with Crippen molar-refractivity contribution in [3.8, 4) is 0 Å². The first-order chi connectivity index (χ1) is 10.5. The van der Waals surface area contributed by atoms with Gasteiger partial charge in [-0.3, -0.25) is 9.59 Å². The zero-order valence-corrected chi connectivity index (χ0v) is 12.3. The van der Waals surface area contributed by atoms with Crippen molar-refractivity contribution in [2.75, 3.05) is 11.9 Å². The molecule has 22 heavy (non-hydrogen) atoms. The summed E-state index contributed by atoms with van der Waals surface area (Å²) in [6.45, 7) is 2.20. The van der Waals surface area contributed by atoms with Crippen LogP contribution in [0.1, 0.15) is 12.5 Å². The highest BCUT2D eigenvalue weighted by molar-refractivity contribution is 5.92. The Morgan fingerprint density at radius 1 is 1.32 bits per heavy atom. The Hall–Kier alpha value is -2.47. The van der Waals surface area contributed by atoms with Gasteiger partial charge in [0.05, 0.1) is 6.54 Å². The van der Waals surface area contributed by atoms with Crippen molar-refractivity contribution in [3.05, 3.63) is 64.3 Å². The Balaban J connectivity index is 2.20. The molecule has 3 N–H and O–H groups in total. The number of anilines is 1. The molecule has 1 aromatic carbocycles. The van der Waals surface area contributed by atoms with Crippen molar-refractivity contribution in [1.29, 1.82) is 0 Å². The average Bonchev–Trinajstić information content (AvgIpc) is 2.52. The van der Waals surface area contributed by atoms with Gasteiger partial charge in [-0.15, -0.1) is 0 Å². The summed E-state index contributed by atoms with van der Waals surface area (Å²) in [6, 6.07) is 9.13. The van der Waals surface area contributed by atoms with Crippen LogP contribution < -0.4 is 16.6 Å². The smallest absolute Gasteiger partial charge is 0.274 e. The topological polar surface area (TPSA) is 77.1 Å². The molecule has 0 fully saturated rings. The number of pyridine rings is 1. The van der Waals surface area contributed by atoms with Gasteiger partial charge in [0.15, 0.2) is 0 Å². The molecule has 0 saturated heterocycles. The van der Waals surface area contributed by atoms with Gasteiger partial charge in [0.25, 0.3) is 5.56 Å². The third-order valence-electron chi connectivity index (χ3n) is 3.35. The van der Waals surface area contributed by atoms with E-state index in [0.717, 1.165) is 5.56 Å². The lowest BCUT2D eigenvalue weighted by atomic mass is 10.1. The summed E-state index contributed by atoms with van der Waals surface area (Å²) < 4.78 is 14.3. The number of rotatable bonds is 5. The Labute approximate surface area is 127 Å². The fraction of sp³-hybridized carbons (Fsp3) is 0.250. The van der Waals surface area contributed by atoms with Crippen molar-refractivity contribution in [1.82, 2.24) is 4.57 Å². The maximum atomic E-state index is 12.9. The van der Waals surface area contributed by atoms with Gasteiger partial charge in [-0.1, -0.05) is 19.1 Å². The van der Waals surface area contributed by atoms with E-state index in [-0.39, 0.29) is 35.4 Å². The number of amides is 1. The van der Waals surface area contributed by atoms with Crippen LogP contribution in [0.3, 0.4) is 0 Å². The lowest BCUT2D eigenvalue weighted by Crippen LogP contribution is -2.31. The number of nitrogens with two attached hydrogens (primary N) is 1. The monoisotopic (exact) mass is 303 g/mol. The van der Waals surface area contributed by atoms with Gasteiger partial charge in [-0.25, -0.2) is 4.39 Å². The third kappa shape index (κ3) is 3.79. The number of carbonyl (C=O) groups is 1. The van der Waals surface area contributed by atoms with E-state index in [9.17, 15) is 14.0 Å². The van der Waals surface area contributed by atoms with E-state index >= 15 is 0 Å². The lowest BCUT2D eigenvalue weighted by Gasteiger charge is -2.11. The van der Waals surface area contributed by atoms with Crippen LogP contribution in [-0.2, 0) is 11.3 Å². The maximum Gasteiger partial charge on any atom is 0.274 e. The Morgan fingerprint density at radius 3 is 2.64 bits per heavy atom. The van der Waals surface area contributed by atoms with Crippen molar-refractivity contribution in [3.63, 3.8) is 0 Å². The summed E-state index contributed by atoms with van der Waals surface area (Å²) in [6.07, 6.45) is 1.62. The minimum Gasteiger partial charge on any atom is -0.330 e. The summed E-state index contributed by atoms with van der Waals surface area (Å²) in [4.78, 5) is 24.2. The van der Waals surface area contributed by atoms with Crippen LogP contribution in [0.4, 0.5) is 10.1 Å². The zero-order valence-electron chi connectivity index (χ0n) is 12.3. The lowest BCUT2D eigenvalue weighted by molar-refractivity contribution is -0.119. The molecule has 2 rings (SSSR count). The minimum atomic E-state index is -0.370. The van der Waals surface area contributed by atoms with Crippen LogP contribution in [0, 0.1) is 11.7 Å². The fourth-order valence-corrected chi connectivity index (χ4v) is 1.91. The number of nitrogens with zero attached hydrogens (tertiary/aromatic N) is 1. The standard InChI is InChI=1S/C16H18FN3O2/c1-11(9-18)15(21)19-14-3-2-8-20(16(14)22)10-12-4-6-13(17)7-5-12/h2-8,11H,9-10,18H2,1H3,(H,19,21). The molecule has 1 heterocycles. The normalized spacial score (nSPS) is 12.0. The van der Waals surface area contributed by atoms with Gasteiger partial charge in [0.1, 0.15) is 11.5 Å². The molecule has 0 radical (unpaired) electrons. The highest BCUT2D eigenvalue weighted by Gasteiger charge is 2.13. The summed E-state index contributed by atoms with van der Waals surface area (Å²) >= 11 is 0. The molecule has 1 unspecified atom stereocenters. The van der Waals surface area contributed by atoms with Crippen molar-refractivity contribution in [2.24, 2.45) is 11.7 Å². The second-order valence-corrected chi connectivity index (χ2v) is 5.11. The highest BCUT2D eigenvalue weighted by atomic mass is 19.1. The molecule has 1 amide bonds. The largest absolute Gasteiger partial charge is 0.330 e. The molecule has 6 heteroatoms. The van der Waals surface area contributed by atoms with E-state index in [2.05, 4.69) is 5.32 Å². The van der Waals surface area contributed by atoms with Crippen LogP contribution in [-0.4, -0.2) is 17.0 Å². The SMILES string of the molecule is CC(CN)C(=O)Nc1cccn(Cc2ccc(F)cc2)c1=O. The van der Waals surface area contributed by atoms with Crippen LogP contribution in [0.25, 0.3) is 0 Å². The number of benzene rings is 1. The molecule has 116 valence electrons. The predicted octanol–water partition coefficient (Wildman–Crippen LogP) is 1.57. The van der Waals surface area contributed by atoms with Gasteiger partial charge >= 0.3 is 0 Å². The molecule has 2 aromatic rings. The first-order valence-corrected chi connectivity index (χ1v) is 6.96. The zero-order chi connectivity index (χ0) is 16.1. The number of hydrogen-bond acceptors (Lipinski definition) is 3. The Morgan fingerprint density at radius 2 is 2.00 bits per heavy atom. The quantitative estimate of drug-likeness (QED) is 0.880. The first kappa shape index (κ1) is 15.9. The Bertz CT molecular complexity index is 710. The van der Waals surface area contributed by atoms with Gasteiger partial charge in [0, 0.05) is 18.7 Å². The molecule has 1 atom stereocenters. The molecule has 0 bridgehead atoms. The van der Waals surface area contributed by atoms with E-state index in [1.54, 1.807) is 37.4 Å². The number of aromatic nitrogens is 1. The van der Waals surface area contributed by atoms with E-state index in [4.69, 9.17) is 5.73 Å². The molecular weight excluding hydrogens is 285 g/mol. The summed E-state index contributed by atoms with van der Waals surface area (Å²) in [5.41, 5.74) is 6.12. The van der Waals surface area contributed by atoms with Gasteiger partial charge in [-0.2, -0.15) is 0 Å². The van der Waals surface area contributed by atoms with E-state index in [1.165, 1.54) is 16.7 Å². The third-order valence-corrected chi connectivity index (χ3v) is 3.35. The summed E-state index contributed by atoms with van der Waals surface area (Å²) in [5, 5.41) is 2.58. The highest BCUT2D eigenvalue weighted by Crippen LogP contribution is 2.06. The number of halogens is 1. The van der Waals surface area contributed by atoms with E-state index in [1.807, 2.05) is 0 Å². The maximum absolute atomic E-state index is 12.9. The second kappa shape index (κ2) is 7.00. The van der Waals surface area contributed by atoms with Crippen molar-refractivity contribution in [2.45, 2.75) is 13.5 Å². The molecule has 0 aliphatic heterocycles. The van der Waals surface area contributed by atoms with Crippen molar-refractivity contribution < 1.29 is 9.18 Å². The fourth-order valence-electron chi connectivity index (χ4n) is 1.91.